The summed E-state index contributed by atoms with van der Waals surface area (Å²) in [6, 6.07) is 8.47. The molecule has 0 saturated carbocycles. The van der Waals surface area contributed by atoms with E-state index in [1.54, 1.807) is 0 Å². The summed E-state index contributed by atoms with van der Waals surface area (Å²) < 4.78 is 0. The van der Waals surface area contributed by atoms with Gasteiger partial charge in [-0.25, -0.2) is 0 Å². The second-order valence-electron chi connectivity index (χ2n) is 5.46. The van der Waals surface area contributed by atoms with E-state index in [2.05, 4.69) is 18.7 Å². The number of aliphatic carboxylic acids is 1. The molecule has 1 saturated heterocycles. The van der Waals surface area contributed by atoms with E-state index < -0.39 is 5.97 Å². The summed E-state index contributed by atoms with van der Waals surface area (Å²) in [5, 5.41) is 8.93. The molecule has 0 bridgehead atoms. The summed E-state index contributed by atoms with van der Waals surface area (Å²) in [4.78, 5) is 13.3. The zero-order valence-electron chi connectivity index (χ0n) is 11.1. The summed E-state index contributed by atoms with van der Waals surface area (Å²) >= 11 is 0. The van der Waals surface area contributed by atoms with Crippen LogP contribution in [-0.2, 0) is 17.8 Å². The third-order valence-corrected chi connectivity index (χ3v) is 3.75. The van der Waals surface area contributed by atoms with Crippen molar-refractivity contribution in [2.75, 3.05) is 6.54 Å². The highest BCUT2D eigenvalue weighted by Gasteiger charge is 2.26. The van der Waals surface area contributed by atoms with Gasteiger partial charge in [0.1, 0.15) is 0 Å². The minimum Gasteiger partial charge on any atom is -0.481 e. The number of carbonyl (C=O) groups is 1. The lowest BCUT2D eigenvalue weighted by Gasteiger charge is -2.22. The van der Waals surface area contributed by atoms with Gasteiger partial charge < -0.3 is 5.11 Å². The van der Waals surface area contributed by atoms with E-state index in [4.69, 9.17) is 5.11 Å². The normalized spacial score (nSPS) is 24.3. The average Bonchev–Trinajstić information content (AvgIpc) is 2.59. The molecule has 2 rings (SSSR count). The second kappa shape index (κ2) is 5.53. The Labute approximate surface area is 108 Å². The SMILES string of the molecule is CC1CC(C)N(Cc2ccccc2CC(=O)O)C1. The second-order valence-corrected chi connectivity index (χ2v) is 5.46. The topological polar surface area (TPSA) is 40.5 Å². The molecular weight excluding hydrogens is 226 g/mol. The molecule has 18 heavy (non-hydrogen) atoms. The van der Waals surface area contributed by atoms with Gasteiger partial charge in [-0.2, -0.15) is 0 Å². The smallest absolute Gasteiger partial charge is 0.307 e. The van der Waals surface area contributed by atoms with Crippen molar-refractivity contribution in [3.63, 3.8) is 0 Å². The van der Waals surface area contributed by atoms with Crippen molar-refractivity contribution in [2.45, 2.75) is 39.3 Å². The molecule has 1 fully saturated rings. The number of rotatable bonds is 4. The summed E-state index contributed by atoms with van der Waals surface area (Å²) in [5.41, 5.74) is 2.10. The minimum absolute atomic E-state index is 0.119. The Balaban J connectivity index is 2.11. The quantitative estimate of drug-likeness (QED) is 0.889. The lowest BCUT2D eigenvalue weighted by molar-refractivity contribution is -0.136. The maximum atomic E-state index is 10.9. The van der Waals surface area contributed by atoms with E-state index in [0.29, 0.717) is 6.04 Å². The van der Waals surface area contributed by atoms with Crippen LogP contribution in [0.15, 0.2) is 24.3 Å². The average molecular weight is 247 g/mol. The van der Waals surface area contributed by atoms with Crippen LogP contribution in [0.5, 0.6) is 0 Å². The van der Waals surface area contributed by atoms with Crippen LogP contribution in [0.25, 0.3) is 0 Å². The predicted octanol–water partition coefficient (Wildman–Crippen LogP) is 2.54. The third kappa shape index (κ3) is 3.10. The molecule has 98 valence electrons. The Morgan fingerprint density at radius 3 is 2.56 bits per heavy atom. The zero-order chi connectivity index (χ0) is 13.1. The Morgan fingerprint density at radius 2 is 2.00 bits per heavy atom. The minimum atomic E-state index is -0.759. The Bertz CT molecular complexity index is 430. The number of hydrogen-bond acceptors (Lipinski definition) is 2. The van der Waals surface area contributed by atoms with Crippen LogP contribution in [0.4, 0.5) is 0 Å². The Morgan fingerprint density at radius 1 is 1.33 bits per heavy atom. The van der Waals surface area contributed by atoms with Crippen LogP contribution in [0, 0.1) is 5.92 Å². The van der Waals surface area contributed by atoms with Gasteiger partial charge in [0.05, 0.1) is 6.42 Å². The van der Waals surface area contributed by atoms with Crippen LogP contribution in [0.3, 0.4) is 0 Å². The van der Waals surface area contributed by atoms with Crippen LogP contribution in [-0.4, -0.2) is 28.6 Å². The predicted molar refractivity (Wildman–Crippen MR) is 71.4 cm³/mol. The number of benzene rings is 1. The standard InChI is InChI=1S/C15H21NO2/c1-11-7-12(2)16(9-11)10-14-6-4-3-5-13(14)8-15(17)18/h3-6,11-12H,7-10H2,1-2H3,(H,17,18). The molecular formula is C15H21NO2. The van der Waals surface area contributed by atoms with Crippen molar-refractivity contribution in [3.05, 3.63) is 35.4 Å². The van der Waals surface area contributed by atoms with Crippen LogP contribution < -0.4 is 0 Å². The number of carboxylic acids is 1. The van der Waals surface area contributed by atoms with E-state index in [-0.39, 0.29) is 6.42 Å². The van der Waals surface area contributed by atoms with Gasteiger partial charge in [-0.1, -0.05) is 31.2 Å². The fourth-order valence-corrected chi connectivity index (χ4v) is 2.87. The number of carboxylic acid groups (broad SMARTS) is 1. The van der Waals surface area contributed by atoms with Gasteiger partial charge in [0.25, 0.3) is 0 Å². The summed E-state index contributed by atoms with van der Waals surface area (Å²) in [6.45, 7) is 6.51. The van der Waals surface area contributed by atoms with E-state index >= 15 is 0 Å². The highest BCUT2D eigenvalue weighted by molar-refractivity contribution is 5.70. The first-order valence-corrected chi connectivity index (χ1v) is 6.59. The fraction of sp³-hybridized carbons (Fsp3) is 0.533. The molecule has 2 unspecified atom stereocenters. The lowest BCUT2D eigenvalue weighted by atomic mass is 10.0. The Kier molecular flexibility index (Phi) is 4.02. The van der Waals surface area contributed by atoms with Crippen molar-refractivity contribution in [3.8, 4) is 0 Å². The third-order valence-electron chi connectivity index (χ3n) is 3.75. The van der Waals surface area contributed by atoms with Crippen LogP contribution in [0.1, 0.15) is 31.4 Å². The first kappa shape index (κ1) is 13.1. The van der Waals surface area contributed by atoms with Gasteiger partial charge in [0, 0.05) is 19.1 Å². The van der Waals surface area contributed by atoms with Crippen molar-refractivity contribution < 1.29 is 9.90 Å². The van der Waals surface area contributed by atoms with Gasteiger partial charge in [-0.3, -0.25) is 9.69 Å². The molecule has 0 aliphatic carbocycles. The van der Waals surface area contributed by atoms with Gasteiger partial charge in [0.15, 0.2) is 0 Å². The Hall–Kier alpha value is -1.35. The molecule has 3 heteroatoms. The van der Waals surface area contributed by atoms with Gasteiger partial charge >= 0.3 is 5.97 Å². The van der Waals surface area contributed by atoms with Crippen LogP contribution >= 0.6 is 0 Å². The number of likely N-dealkylation sites (tertiary alicyclic amines) is 1. The molecule has 1 N–H and O–H groups in total. The number of nitrogens with zero attached hydrogens (tertiary/aromatic N) is 1. The maximum Gasteiger partial charge on any atom is 0.307 e. The molecule has 0 aromatic heterocycles. The first-order chi connectivity index (χ1) is 8.56. The van der Waals surface area contributed by atoms with Gasteiger partial charge in [0.2, 0.25) is 0 Å². The first-order valence-electron chi connectivity index (χ1n) is 6.59. The molecule has 3 nitrogen and oxygen atoms in total. The summed E-state index contributed by atoms with van der Waals surface area (Å²) in [5.74, 6) is -0.0167. The van der Waals surface area contributed by atoms with Gasteiger partial charge in [-0.15, -0.1) is 0 Å². The maximum absolute atomic E-state index is 10.9. The molecule has 1 aromatic carbocycles. The molecule has 0 spiro atoms. The molecule has 0 radical (unpaired) electrons. The van der Waals surface area contributed by atoms with E-state index in [1.807, 2.05) is 24.3 Å². The highest BCUT2D eigenvalue weighted by atomic mass is 16.4. The van der Waals surface area contributed by atoms with Crippen molar-refractivity contribution in [1.82, 2.24) is 4.90 Å². The summed E-state index contributed by atoms with van der Waals surface area (Å²) in [7, 11) is 0. The largest absolute Gasteiger partial charge is 0.481 e. The van der Waals surface area contributed by atoms with E-state index in [1.165, 1.54) is 6.42 Å². The molecule has 1 aliphatic heterocycles. The van der Waals surface area contributed by atoms with Crippen molar-refractivity contribution >= 4 is 5.97 Å². The van der Waals surface area contributed by atoms with Crippen molar-refractivity contribution in [2.24, 2.45) is 5.92 Å². The zero-order valence-corrected chi connectivity index (χ0v) is 11.1. The molecule has 1 aliphatic rings. The van der Waals surface area contributed by atoms with Crippen molar-refractivity contribution in [1.29, 1.82) is 0 Å². The molecule has 2 atom stereocenters. The molecule has 1 heterocycles. The lowest BCUT2D eigenvalue weighted by Crippen LogP contribution is -2.27. The van der Waals surface area contributed by atoms with E-state index in [9.17, 15) is 4.79 Å². The van der Waals surface area contributed by atoms with Crippen LogP contribution in [0.2, 0.25) is 0 Å². The number of hydrogen-bond donors (Lipinski definition) is 1. The summed E-state index contributed by atoms with van der Waals surface area (Å²) in [6.07, 6.45) is 1.36. The fourth-order valence-electron chi connectivity index (χ4n) is 2.87. The highest BCUT2D eigenvalue weighted by Crippen LogP contribution is 2.25. The monoisotopic (exact) mass is 247 g/mol. The van der Waals surface area contributed by atoms with E-state index in [0.717, 1.165) is 30.1 Å². The molecule has 1 aromatic rings. The van der Waals surface area contributed by atoms with Gasteiger partial charge in [-0.05, 0) is 30.4 Å². The molecule has 0 amide bonds.